The molecule has 2 aromatic rings. The molecule has 7 nitrogen and oxygen atoms in total. The number of sulfonamides is 1. The fourth-order valence-corrected chi connectivity index (χ4v) is 4.62. The third-order valence-corrected chi connectivity index (χ3v) is 6.91. The first-order valence-corrected chi connectivity index (χ1v) is 12.1. The van der Waals surface area contributed by atoms with Crippen LogP contribution in [0.4, 0.5) is 11.4 Å². The Morgan fingerprint density at radius 1 is 1.00 bits per heavy atom. The Morgan fingerprint density at radius 3 is 2.26 bits per heavy atom. The Morgan fingerprint density at radius 2 is 1.65 bits per heavy atom. The zero-order valence-electron chi connectivity index (χ0n) is 18.5. The lowest BCUT2D eigenvalue weighted by Gasteiger charge is -2.37. The van der Waals surface area contributed by atoms with Crippen LogP contribution in [0.2, 0.25) is 0 Å². The number of ketones is 1. The standard InChI is InChI=1S/C23H29N3O4S/c1-17-7-5-10-22(18(17)2)24-11-13-25(14-12-24)23(28)16-26(31(4,29)30)21-9-6-8-20(15-21)19(3)27/h5-10,15H,11-14,16H2,1-4H3. The molecule has 0 atom stereocenters. The van der Waals surface area contributed by atoms with Crippen molar-refractivity contribution in [2.24, 2.45) is 0 Å². The molecule has 0 N–H and O–H groups in total. The number of piperazine rings is 1. The maximum Gasteiger partial charge on any atom is 0.243 e. The van der Waals surface area contributed by atoms with Gasteiger partial charge in [0.05, 0.1) is 11.9 Å². The molecular weight excluding hydrogens is 414 g/mol. The van der Waals surface area contributed by atoms with Crippen LogP contribution in [0.25, 0.3) is 0 Å². The zero-order chi connectivity index (χ0) is 22.8. The second-order valence-corrected chi connectivity index (χ2v) is 9.87. The van der Waals surface area contributed by atoms with Gasteiger partial charge in [-0.15, -0.1) is 0 Å². The summed E-state index contributed by atoms with van der Waals surface area (Å²) in [6.07, 6.45) is 1.07. The van der Waals surface area contributed by atoms with Crippen LogP contribution in [0.15, 0.2) is 42.5 Å². The third kappa shape index (κ3) is 5.25. The average molecular weight is 444 g/mol. The van der Waals surface area contributed by atoms with Gasteiger partial charge >= 0.3 is 0 Å². The molecule has 1 saturated heterocycles. The van der Waals surface area contributed by atoms with Crippen molar-refractivity contribution in [1.82, 2.24) is 4.90 Å². The summed E-state index contributed by atoms with van der Waals surface area (Å²) in [5.41, 5.74) is 4.35. The maximum atomic E-state index is 12.9. The van der Waals surface area contributed by atoms with Crippen LogP contribution in [0.5, 0.6) is 0 Å². The molecule has 1 amide bonds. The predicted octanol–water partition coefficient (Wildman–Crippen LogP) is 2.62. The first kappa shape index (κ1) is 22.8. The van der Waals surface area contributed by atoms with Crippen molar-refractivity contribution in [3.05, 3.63) is 59.2 Å². The molecule has 1 fully saturated rings. The SMILES string of the molecule is CC(=O)c1cccc(N(CC(=O)N2CCN(c3cccc(C)c3C)CC2)S(C)(=O)=O)c1. The summed E-state index contributed by atoms with van der Waals surface area (Å²) in [4.78, 5) is 28.6. The summed E-state index contributed by atoms with van der Waals surface area (Å²) in [5.74, 6) is -0.413. The molecule has 0 saturated carbocycles. The Hall–Kier alpha value is -2.87. The van der Waals surface area contributed by atoms with Gasteiger partial charge in [-0.05, 0) is 50.1 Å². The van der Waals surface area contributed by atoms with Gasteiger partial charge in [0.25, 0.3) is 0 Å². The summed E-state index contributed by atoms with van der Waals surface area (Å²) in [6, 6.07) is 12.6. The summed E-state index contributed by atoms with van der Waals surface area (Å²) in [5, 5.41) is 0. The Balaban J connectivity index is 1.72. The van der Waals surface area contributed by atoms with E-state index >= 15 is 0 Å². The summed E-state index contributed by atoms with van der Waals surface area (Å²) < 4.78 is 25.9. The molecule has 166 valence electrons. The molecule has 0 bridgehead atoms. The van der Waals surface area contributed by atoms with E-state index in [0.29, 0.717) is 37.4 Å². The second kappa shape index (κ2) is 9.09. The van der Waals surface area contributed by atoms with E-state index in [1.54, 1.807) is 23.1 Å². The van der Waals surface area contributed by atoms with Crippen molar-refractivity contribution in [2.75, 3.05) is 48.2 Å². The number of rotatable bonds is 6. The Kier molecular flexibility index (Phi) is 6.69. The van der Waals surface area contributed by atoms with Crippen molar-refractivity contribution < 1.29 is 18.0 Å². The zero-order valence-corrected chi connectivity index (χ0v) is 19.3. The van der Waals surface area contributed by atoms with Gasteiger partial charge in [-0.3, -0.25) is 13.9 Å². The number of amides is 1. The van der Waals surface area contributed by atoms with Crippen molar-refractivity contribution in [2.45, 2.75) is 20.8 Å². The molecule has 1 aliphatic heterocycles. The van der Waals surface area contributed by atoms with E-state index in [2.05, 4.69) is 30.9 Å². The molecule has 1 aliphatic rings. The van der Waals surface area contributed by atoms with Crippen LogP contribution in [-0.2, 0) is 14.8 Å². The second-order valence-electron chi connectivity index (χ2n) is 7.96. The number of carbonyl (C=O) groups is 2. The van der Waals surface area contributed by atoms with Crippen LogP contribution in [-0.4, -0.2) is 64.0 Å². The van der Waals surface area contributed by atoms with Gasteiger partial charge in [-0.2, -0.15) is 0 Å². The predicted molar refractivity (Wildman–Crippen MR) is 123 cm³/mol. The lowest BCUT2D eigenvalue weighted by atomic mass is 10.1. The van der Waals surface area contributed by atoms with E-state index in [9.17, 15) is 18.0 Å². The third-order valence-electron chi connectivity index (χ3n) is 5.77. The first-order valence-electron chi connectivity index (χ1n) is 10.3. The van der Waals surface area contributed by atoms with Gasteiger partial charge < -0.3 is 9.80 Å². The smallest absolute Gasteiger partial charge is 0.243 e. The summed E-state index contributed by atoms with van der Waals surface area (Å²) in [7, 11) is -3.69. The number of nitrogens with zero attached hydrogens (tertiary/aromatic N) is 3. The average Bonchev–Trinajstić information content (AvgIpc) is 2.73. The van der Waals surface area contributed by atoms with E-state index in [-0.39, 0.29) is 18.2 Å². The van der Waals surface area contributed by atoms with E-state index in [0.717, 1.165) is 10.6 Å². The lowest BCUT2D eigenvalue weighted by molar-refractivity contribution is -0.129. The van der Waals surface area contributed by atoms with Crippen molar-refractivity contribution >= 4 is 33.1 Å². The molecule has 0 spiro atoms. The highest BCUT2D eigenvalue weighted by molar-refractivity contribution is 7.92. The maximum absolute atomic E-state index is 12.9. The van der Waals surface area contributed by atoms with Gasteiger partial charge in [0.2, 0.25) is 15.9 Å². The largest absolute Gasteiger partial charge is 0.368 e. The molecular formula is C23H29N3O4S. The highest BCUT2D eigenvalue weighted by Gasteiger charge is 2.27. The highest BCUT2D eigenvalue weighted by Crippen LogP contribution is 2.24. The molecule has 3 rings (SSSR count). The molecule has 2 aromatic carbocycles. The van der Waals surface area contributed by atoms with E-state index in [1.807, 2.05) is 6.07 Å². The normalized spacial score (nSPS) is 14.5. The van der Waals surface area contributed by atoms with Crippen molar-refractivity contribution in [3.63, 3.8) is 0 Å². The van der Waals surface area contributed by atoms with Crippen LogP contribution >= 0.6 is 0 Å². The number of hydrogen-bond donors (Lipinski definition) is 0. The van der Waals surface area contributed by atoms with E-state index in [1.165, 1.54) is 29.8 Å². The Bertz CT molecular complexity index is 1090. The lowest BCUT2D eigenvalue weighted by Crippen LogP contribution is -2.52. The number of aryl methyl sites for hydroxylation is 1. The van der Waals surface area contributed by atoms with Gasteiger partial charge in [-0.1, -0.05) is 24.3 Å². The van der Waals surface area contributed by atoms with Gasteiger partial charge in [-0.25, -0.2) is 8.42 Å². The minimum Gasteiger partial charge on any atom is -0.368 e. The van der Waals surface area contributed by atoms with Gasteiger partial charge in [0, 0.05) is 37.4 Å². The summed E-state index contributed by atoms with van der Waals surface area (Å²) in [6.45, 7) is 7.74. The van der Waals surface area contributed by atoms with Crippen LogP contribution < -0.4 is 9.21 Å². The van der Waals surface area contributed by atoms with Crippen molar-refractivity contribution in [3.8, 4) is 0 Å². The van der Waals surface area contributed by atoms with E-state index in [4.69, 9.17) is 0 Å². The molecule has 0 unspecified atom stereocenters. The number of carbonyl (C=O) groups excluding carboxylic acids is 2. The van der Waals surface area contributed by atoms with Crippen LogP contribution in [0.1, 0.15) is 28.4 Å². The molecule has 0 aromatic heterocycles. The van der Waals surface area contributed by atoms with Crippen LogP contribution in [0.3, 0.4) is 0 Å². The van der Waals surface area contributed by atoms with Gasteiger partial charge in [0.15, 0.2) is 5.78 Å². The van der Waals surface area contributed by atoms with Crippen molar-refractivity contribution in [1.29, 1.82) is 0 Å². The molecule has 0 radical (unpaired) electrons. The minimum atomic E-state index is -3.69. The number of benzene rings is 2. The molecule has 1 heterocycles. The van der Waals surface area contributed by atoms with Gasteiger partial charge in [0.1, 0.15) is 6.54 Å². The number of Topliss-reactive ketones (excluding diaryl/α,β-unsaturated/α-hetero) is 1. The fourth-order valence-electron chi connectivity index (χ4n) is 3.78. The Labute approximate surface area is 184 Å². The monoisotopic (exact) mass is 443 g/mol. The number of hydrogen-bond acceptors (Lipinski definition) is 5. The molecule has 31 heavy (non-hydrogen) atoms. The first-order chi connectivity index (χ1) is 14.6. The topological polar surface area (TPSA) is 78.0 Å². The number of anilines is 2. The fraction of sp³-hybridized carbons (Fsp3) is 0.391. The highest BCUT2D eigenvalue weighted by atomic mass is 32.2. The molecule has 8 heteroatoms. The minimum absolute atomic E-state index is 0.163. The van der Waals surface area contributed by atoms with Crippen LogP contribution in [0, 0.1) is 13.8 Å². The molecule has 0 aliphatic carbocycles. The summed E-state index contributed by atoms with van der Waals surface area (Å²) >= 11 is 0. The van der Waals surface area contributed by atoms with E-state index < -0.39 is 10.0 Å². The quantitative estimate of drug-likeness (QED) is 0.642.